The SMILES string of the molecule is CC(C)c1ccc(S(=O)(=O)n2cc([N+](=O)[O-])nn2)c(C(C)C)c1C(C)C. The summed E-state index contributed by atoms with van der Waals surface area (Å²) in [6.07, 6.45) is 0.824. The van der Waals surface area contributed by atoms with Crippen molar-refractivity contribution < 1.29 is 13.3 Å². The van der Waals surface area contributed by atoms with E-state index in [-0.39, 0.29) is 22.6 Å². The van der Waals surface area contributed by atoms with Gasteiger partial charge in [-0.05, 0) is 45.4 Å². The van der Waals surface area contributed by atoms with E-state index < -0.39 is 20.8 Å². The van der Waals surface area contributed by atoms with E-state index in [1.807, 2.05) is 33.8 Å². The van der Waals surface area contributed by atoms with Gasteiger partial charge in [-0.2, -0.15) is 8.42 Å². The minimum atomic E-state index is -4.09. The van der Waals surface area contributed by atoms with Gasteiger partial charge in [-0.3, -0.25) is 0 Å². The van der Waals surface area contributed by atoms with Crippen molar-refractivity contribution in [2.45, 2.75) is 64.2 Å². The summed E-state index contributed by atoms with van der Waals surface area (Å²) in [7, 11) is -4.09. The van der Waals surface area contributed by atoms with E-state index >= 15 is 0 Å². The molecule has 1 aromatic carbocycles. The molecule has 0 saturated heterocycles. The maximum atomic E-state index is 13.1. The second-order valence-electron chi connectivity index (χ2n) is 7.16. The van der Waals surface area contributed by atoms with Crippen LogP contribution in [0.5, 0.6) is 0 Å². The zero-order valence-electron chi connectivity index (χ0n) is 15.8. The highest BCUT2D eigenvalue weighted by Gasteiger charge is 2.30. The lowest BCUT2D eigenvalue weighted by Gasteiger charge is -2.25. The quantitative estimate of drug-likeness (QED) is 0.557. The van der Waals surface area contributed by atoms with Crippen LogP contribution < -0.4 is 0 Å². The van der Waals surface area contributed by atoms with E-state index in [0.717, 1.165) is 22.9 Å². The number of nitrogens with zero attached hydrogens (tertiary/aromatic N) is 4. The molecule has 0 amide bonds. The molecule has 26 heavy (non-hydrogen) atoms. The third-order valence-corrected chi connectivity index (χ3v) is 5.81. The number of nitro groups is 1. The molecular weight excluding hydrogens is 356 g/mol. The minimum absolute atomic E-state index is 0.0469. The van der Waals surface area contributed by atoms with Gasteiger partial charge in [-0.1, -0.05) is 47.6 Å². The third-order valence-electron chi connectivity index (χ3n) is 4.23. The zero-order valence-corrected chi connectivity index (χ0v) is 16.6. The molecule has 1 aromatic heterocycles. The van der Waals surface area contributed by atoms with Gasteiger partial charge < -0.3 is 10.1 Å². The van der Waals surface area contributed by atoms with E-state index in [1.165, 1.54) is 0 Å². The largest absolute Gasteiger partial charge is 0.411 e. The average Bonchev–Trinajstić information content (AvgIpc) is 3.04. The van der Waals surface area contributed by atoms with Crippen molar-refractivity contribution in [2.75, 3.05) is 0 Å². The van der Waals surface area contributed by atoms with Crippen LogP contribution in [0, 0.1) is 10.1 Å². The van der Waals surface area contributed by atoms with Crippen LogP contribution in [-0.2, 0) is 10.0 Å². The van der Waals surface area contributed by atoms with Crippen LogP contribution in [0.1, 0.15) is 76.0 Å². The maximum Gasteiger partial charge on any atom is 0.411 e. The van der Waals surface area contributed by atoms with Crippen LogP contribution in [0.4, 0.5) is 5.82 Å². The van der Waals surface area contributed by atoms with Crippen molar-refractivity contribution in [3.63, 3.8) is 0 Å². The highest BCUT2D eigenvalue weighted by Crippen LogP contribution is 2.37. The topological polar surface area (TPSA) is 108 Å². The number of aromatic nitrogens is 3. The fraction of sp³-hybridized carbons (Fsp3) is 0.529. The molecule has 0 aliphatic rings. The van der Waals surface area contributed by atoms with Gasteiger partial charge in [0, 0.05) is 0 Å². The summed E-state index contributed by atoms with van der Waals surface area (Å²) in [6.45, 7) is 12.1. The first-order valence-corrected chi connectivity index (χ1v) is 9.91. The molecule has 0 unspecified atom stereocenters. The molecule has 0 spiro atoms. The molecule has 0 radical (unpaired) electrons. The molecule has 2 aromatic rings. The number of rotatable bonds is 6. The van der Waals surface area contributed by atoms with Crippen molar-refractivity contribution in [3.8, 4) is 0 Å². The molecular formula is C17H24N4O4S. The van der Waals surface area contributed by atoms with Crippen LogP contribution in [-0.4, -0.2) is 27.7 Å². The Morgan fingerprint density at radius 2 is 1.58 bits per heavy atom. The number of hydrogen-bond acceptors (Lipinski definition) is 6. The van der Waals surface area contributed by atoms with Gasteiger partial charge in [0.05, 0.1) is 10.1 Å². The highest BCUT2D eigenvalue weighted by atomic mass is 32.2. The van der Waals surface area contributed by atoms with Crippen LogP contribution in [0.2, 0.25) is 0 Å². The van der Waals surface area contributed by atoms with E-state index in [0.29, 0.717) is 4.09 Å². The number of benzene rings is 1. The summed E-state index contributed by atoms with van der Waals surface area (Å²) >= 11 is 0. The average molecular weight is 380 g/mol. The van der Waals surface area contributed by atoms with Crippen molar-refractivity contribution in [3.05, 3.63) is 45.1 Å². The summed E-state index contributed by atoms with van der Waals surface area (Å²) in [4.78, 5) is 10.1. The smallest absolute Gasteiger partial charge is 0.358 e. The Morgan fingerprint density at radius 3 is 2.00 bits per heavy atom. The number of hydrogen-bond donors (Lipinski definition) is 0. The third kappa shape index (κ3) is 3.48. The molecule has 0 fully saturated rings. The predicted molar refractivity (Wildman–Crippen MR) is 98.0 cm³/mol. The summed E-state index contributed by atoms with van der Waals surface area (Å²) in [5, 5.41) is 17.6. The lowest BCUT2D eigenvalue weighted by atomic mass is 9.83. The first-order chi connectivity index (χ1) is 12.0. The van der Waals surface area contributed by atoms with Crippen molar-refractivity contribution >= 4 is 15.8 Å². The monoisotopic (exact) mass is 380 g/mol. The molecule has 8 nitrogen and oxygen atoms in total. The fourth-order valence-electron chi connectivity index (χ4n) is 3.14. The van der Waals surface area contributed by atoms with Crippen LogP contribution in [0.3, 0.4) is 0 Å². The molecule has 0 bridgehead atoms. The Balaban J connectivity index is 2.79. The van der Waals surface area contributed by atoms with Gasteiger partial charge in [0.25, 0.3) is 10.0 Å². The van der Waals surface area contributed by atoms with Gasteiger partial charge >= 0.3 is 5.82 Å². The van der Waals surface area contributed by atoms with Crippen LogP contribution in [0.25, 0.3) is 0 Å². The Morgan fingerprint density at radius 1 is 1.00 bits per heavy atom. The molecule has 0 atom stereocenters. The van der Waals surface area contributed by atoms with Crippen molar-refractivity contribution in [2.24, 2.45) is 0 Å². The molecule has 0 aliphatic heterocycles. The van der Waals surface area contributed by atoms with Gasteiger partial charge in [0.2, 0.25) is 0 Å². The van der Waals surface area contributed by atoms with Gasteiger partial charge in [-0.15, -0.1) is 4.09 Å². The van der Waals surface area contributed by atoms with Gasteiger partial charge in [0.15, 0.2) is 0 Å². The second-order valence-corrected chi connectivity index (χ2v) is 8.92. The lowest BCUT2D eigenvalue weighted by molar-refractivity contribution is -0.389. The molecule has 0 aliphatic carbocycles. The first kappa shape index (κ1) is 20.0. The normalized spacial score (nSPS) is 12.3. The molecule has 142 valence electrons. The Hall–Kier alpha value is -2.29. The molecule has 2 rings (SSSR count). The van der Waals surface area contributed by atoms with Crippen LogP contribution in [0.15, 0.2) is 23.2 Å². The molecule has 0 saturated carbocycles. The Kier molecular flexibility index (Phi) is 5.50. The minimum Gasteiger partial charge on any atom is -0.358 e. The summed E-state index contributed by atoms with van der Waals surface area (Å²) < 4.78 is 26.8. The standard InChI is InChI=1S/C17H24N4O4S/c1-10(2)13-7-8-14(17(12(5)6)16(13)11(3)4)26(24,25)20-9-15(18-19-20)21(22)23/h7-12H,1-6H3. The first-order valence-electron chi connectivity index (χ1n) is 8.47. The summed E-state index contributed by atoms with van der Waals surface area (Å²) in [6, 6.07) is 3.39. The van der Waals surface area contributed by atoms with E-state index in [4.69, 9.17) is 0 Å². The van der Waals surface area contributed by atoms with Crippen molar-refractivity contribution in [1.29, 1.82) is 0 Å². The summed E-state index contributed by atoms with van der Waals surface area (Å²) in [5.41, 5.74) is 2.84. The lowest BCUT2D eigenvalue weighted by Crippen LogP contribution is -2.19. The van der Waals surface area contributed by atoms with Gasteiger partial charge in [-0.25, -0.2) is 0 Å². The summed E-state index contributed by atoms with van der Waals surface area (Å²) in [5.74, 6) is -0.281. The molecule has 9 heteroatoms. The van der Waals surface area contributed by atoms with Gasteiger partial charge in [0.1, 0.15) is 11.3 Å². The van der Waals surface area contributed by atoms with Crippen LogP contribution >= 0.6 is 0 Å². The van der Waals surface area contributed by atoms with Crippen molar-refractivity contribution in [1.82, 2.24) is 14.4 Å². The van der Waals surface area contributed by atoms with E-state index in [1.54, 1.807) is 6.07 Å². The van der Waals surface area contributed by atoms with E-state index in [9.17, 15) is 18.5 Å². The highest BCUT2D eigenvalue weighted by molar-refractivity contribution is 7.89. The molecule has 0 N–H and O–H groups in total. The maximum absolute atomic E-state index is 13.1. The fourth-order valence-corrected chi connectivity index (χ4v) is 4.57. The second kappa shape index (κ2) is 7.14. The predicted octanol–water partition coefficient (Wildman–Crippen LogP) is 3.79. The van der Waals surface area contributed by atoms with E-state index in [2.05, 4.69) is 24.2 Å². The molecule has 1 heterocycles. The Labute approximate surface area is 153 Å². The zero-order chi connectivity index (χ0) is 19.8. The Bertz CT molecular complexity index is 930.